The number of nitrogens with one attached hydrogen (secondary N) is 1. The highest BCUT2D eigenvalue weighted by Gasteiger charge is 2.11. The Labute approximate surface area is 116 Å². The number of rotatable bonds is 3. The van der Waals surface area contributed by atoms with Gasteiger partial charge in [-0.15, -0.1) is 0 Å². The quantitative estimate of drug-likeness (QED) is 0.844. The minimum Gasteiger partial charge on any atom is -0.410 e. The van der Waals surface area contributed by atoms with Crippen LogP contribution in [-0.4, -0.2) is 6.09 Å². The summed E-state index contributed by atoms with van der Waals surface area (Å²) in [5.41, 5.74) is 6.79. The third-order valence-corrected chi connectivity index (χ3v) is 2.77. The fourth-order valence-corrected chi connectivity index (χ4v) is 1.71. The van der Waals surface area contributed by atoms with Crippen LogP contribution in [-0.2, 0) is 0 Å². The summed E-state index contributed by atoms with van der Waals surface area (Å²) in [6.45, 7) is 1.75. The third kappa shape index (κ3) is 3.71. The predicted octanol–water partition coefficient (Wildman–Crippen LogP) is 3.26. The fraction of sp³-hybridized carbons (Fsp3) is 0.133. The Kier molecular flexibility index (Phi) is 4.20. The lowest BCUT2D eigenvalue weighted by atomic mass is 10.1. The highest BCUT2D eigenvalue weighted by Crippen LogP contribution is 2.16. The molecule has 0 radical (unpaired) electrons. The zero-order valence-electron chi connectivity index (χ0n) is 11.0. The minimum atomic E-state index is -0.605. The Balaban J connectivity index is 1.95. The molecule has 0 heterocycles. The Morgan fingerprint density at radius 2 is 1.95 bits per heavy atom. The second kappa shape index (κ2) is 6.06. The van der Waals surface area contributed by atoms with Crippen LogP contribution in [0.25, 0.3) is 0 Å². The molecular formula is C15H15FN2O2. The first-order valence-electron chi connectivity index (χ1n) is 6.14. The Bertz CT molecular complexity index is 599. The Hall–Kier alpha value is -2.56. The number of benzene rings is 2. The van der Waals surface area contributed by atoms with Crippen molar-refractivity contribution in [1.82, 2.24) is 5.32 Å². The summed E-state index contributed by atoms with van der Waals surface area (Å²) in [7, 11) is 0. The molecule has 0 aliphatic heterocycles. The molecule has 1 atom stereocenters. The number of carbonyl (C=O) groups is 1. The topological polar surface area (TPSA) is 64.3 Å². The number of amides is 1. The van der Waals surface area contributed by atoms with Crippen molar-refractivity contribution in [2.75, 3.05) is 5.73 Å². The molecule has 2 rings (SSSR count). The van der Waals surface area contributed by atoms with Crippen LogP contribution in [0.2, 0.25) is 0 Å². The molecule has 0 saturated heterocycles. The minimum absolute atomic E-state index is 0.344. The Morgan fingerprint density at radius 1 is 1.25 bits per heavy atom. The van der Waals surface area contributed by atoms with Crippen molar-refractivity contribution in [2.45, 2.75) is 13.0 Å². The van der Waals surface area contributed by atoms with Crippen molar-refractivity contribution in [1.29, 1.82) is 0 Å². The van der Waals surface area contributed by atoms with Gasteiger partial charge in [-0.2, -0.15) is 0 Å². The smallest absolute Gasteiger partial charge is 0.410 e. The zero-order valence-corrected chi connectivity index (χ0v) is 11.0. The van der Waals surface area contributed by atoms with E-state index in [4.69, 9.17) is 10.5 Å². The predicted molar refractivity (Wildman–Crippen MR) is 74.8 cm³/mol. The molecule has 0 bridgehead atoms. The molecule has 0 unspecified atom stereocenters. The Morgan fingerprint density at radius 3 is 2.60 bits per heavy atom. The lowest BCUT2D eigenvalue weighted by Gasteiger charge is -2.14. The number of ether oxygens (including phenoxy) is 1. The molecule has 0 aliphatic rings. The lowest BCUT2D eigenvalue weighted by Crippen LogP contribution is -2.29. The second-order valence-electron chi connectivity index (χ2n) is 4.38. The van der Waals surface area contributed by atoms with Gasteiger partial charge in [-0.25, -0.2) is 9.18 Å². The van der Waals surface area contributed by atoms with Crippen LogP contribution < -0.4 is 15.8 Å². The third-order valence-electron chi connectivity index (χ3n) is 2.77. The van der Waals surface area contributed by atoms with Gasteiger partial charge in [0.25, 0.3) is 0 Å². The van der Waals surface area contributed by atoms with Gasteiger partial charge < -0.3 is 15.8 Å². The molecule has 2 aromatic carbocycles. The van der Waals surface area contributed by atoms with Crippen molar-refractivity contribution in [3.63, 3.8) is 0 Å². The molecule has 0 saturated carbocycles. The standard InChI is InChI=1S/C15H15FN2O2/c1-10(11-3-2-4-12(16)9-11)18-15(19)20-14-7-5-13(17)6-8-14/h2-10H,17H2,1H3,(H,18,19)/t10-/m0/s1. The summed E-state index contributed by atoms with van der Waals surface area (Å²) < 4.78 is 18.2. The van der Waals surface area contributed by atoms with E-state index in [-0.39, 0.29) is 11.9 Å². The van der Waals surface area contributed by atoms with Crippen molar-refractivity contribution < 1.29 is 13.9 Å². The molecule has 0 aromatic heterocycles. The average molecular weight is 274 g/mol. The summed E-state index contributed by atoms with van der Waals surface area (Å²) in [6.07, 6.45) is -0.605. The molecule has 0 spiro atoms. The van der Waals surface area contributed by atoms with E-state index < -0.39 is 6.09 Å². The largest absolute Gasteiger partial charge is 0.413 e. The summed E-state index contributed by atoms with van der Waals surface area (Å²) in [4.78, 5) is 11.7. The van der Waals surface area contributed by atoms with E-state index in [1.807, 2.05) is 0 Å². The van der Waals surface area contributed by atoms with Crippen LogP contribution >= 0.6 is 0 Å². The molecule has 1 amide bonds. The van der Waals surface area contributed by atoms with Gasteiger partial charge in [-0.3, -0.25) is 0 Å². The number of hydrogen-bond donors (Lipinski definition) is 2. The van der Waals surface area contributed by atoms with Crippen LogP contribution in [0, 0.1) is 5.82 Å². The van der Waals surface area contributed by atoms with E-state index in [0.29, 0.717) is 17.0 Å². The first-order chi connectivity index (χ1) is 9.54. The number of anilines is 1. The van der Waals surface area contributed by atoms with Gasteiger partial charge in [0, 0.05) is 5.69 Å². The molecule has 3 N–H and O–H groups in total. The van der Waals surface area contributed by atoms with Crippen molar-refractivity contribution in [2.24, 2.45) is 0 Å². The van der Waals surface area contributed by atoms with Gasteiger partial charge in [-0.1, -0.05) is 12.1 Å². The van der Waals surface area contributed by atoms with Crippen LogP contribution in [0.3, 0.4) is 0 Å². The molecule has 0 aliphatic carbocycles. The normalized spacial score (nSPS) is 11.7. The number of hydrogen-bond acceptors (Lipinski definition) is 3. The van der Waals surface area contributed by atoms with Crippen LogP contribution in [0.4, 0.5) is 14.9 Å². The molecule has 2 aromatic rings. The van der Waals surface area contributed by atoms with E-state index in [1.54, 1.807) is 43.3 Å². The van der Waals surface area contributed by atoms with Crippen LogP contribution in [0.1, 0.15) is 18.5 Å². The van der Waals surface area contributed by atoms with Gasteiger partial charge in [-0.05, 0) is 48.9 Å². The summed E-state index contributed by atoms with van der Waals surface area (Å²) in [5.74, 6) is 0.0474. The summed E-state index contributed by atoms with van der Waals surface area (Å²) in [6, 6.07) is 12.2. The zero-order chi connectivity index (χ0) is 14.5. The molecular weight excluding hydrogens is 259 g/mol. The van der Waals surface area contributed by atoms with Gasteiger partial charge in [0.05, 0.1) is 6.04 Å². The first kappa shape index (κ1) is 13.9. The van der Waals surface area contributed by atoms with E-state index in [2.05, 4.69) is 5.32 Å². The van der Waals surface area contributed by atoms with Crippen LogP contribution in [0.5, 0.6) is 5.75 Å². The highest BCUT2D eigenvalue weighted by atomic mass is 19.1. The maximum Gasteiger partial charge on any atom is 0.413 e. The second-order valence-corrected chi connectivity index (χ2v) is 4.38. The lowest BCUT2D eigenvalue weighted by molar-refractivity contribution is 0.197. The van der Waals surface area contributed by atoms with Crippen LogP contribution in [0.15, 0.2) is 48.5 Å². The SMILES string of the molecule is C[C@H](NC(=O)Oc1ccc(N)cc1)c1cccc(F)c1. The average Bonchev–Trinajstić information content (AvgIpc) is 2.41. The van der Waals surface area contributed by atoms with E-state index in [9.17, 15) is 9.18 Å². The van der Waals surface area contributed by atoms with E-state index >= 15 is 0 Å². The number of nitrogen functional groups attached to an aromatic ring is 1. The van der Waals surface area contributed by atoms with Gasteiger partial charge >= 0.3 is 6.09 Å². The first-order valence-corrected chi connectivity index (χ1v) is 6.14. The maximum absolute atomic E-state index is 13.1. The van der Waals surface area contributed by atoms with Crippen molar-refractivity contribution in [3.05, 3.63) is 59.9 Å². The molecule has 104 valence electrons. The number of halogens is 1. The van der Waals surface area contributed by atoms with Gasteiger partial charge in [0.15, 0.2) is 0 Å². The summed E-state index contributed by atoms with van der Waals surface area (Å²) >= 11 is 0. The molecule has 4 nitrogen and oxygen atoms in total. The highest BCUT2D eigenvalue weighted by molar-refractivity contribution is 5.71. The number of nitrogens with two attached hydrogens (primary N) is 1. The van der Waals surface area contributed by atoms with E-state index in [1.165, 1.54) is 12.1 Å². The molecule has 5 heteroatoms. The van der Waals surface area contributed by atoms with Crippen molar-refractivity contribution in [3.8, 4) is 5.75 Å². The summed E-state index contributed by atoms with van der Waals surface area (Å²) in [5, 5.41) is 2.63. The van der Waals surface area contributed by atoms with Gasteiger partial charge in [0.2, 0.25) is 0 Å². The van der Waals surface area contributed by atoms with Gasteiger partial charge in [0.1, 0.15) is 11.6 Å². The van der Waals surface area contributed by atoms with Crippen molar-refractivity contribution >= 4 is 11.8 Å². The fourth-order valence-electron chi connectivity index (χ4n) is 1.71. The monoisotopic (exact) mass is 274 g/mol. The maximum atomic E-state index is 13.1. The van der Waals surface area contributed by atoms with E-state index in [0.717, 1.165) is 0 Å². The molecule has 20 heavy (non-hydrogen) atoms. The number of carbonyl (C=O) groups excluding carboxylic acids is 1. The molecule has 0 fully saturated rings.